The number of hydrogen-bond acceptors (Lipinski definition) is 4. The molecule has 0 aromatic heterocycles. The predicted molar refractivity (Wildman–Crippen MR) is 48.7 cm³/mol. The zero-order valence-electron chi connectivity index (χ0n) is 6.27. The van der Waals surface area contributed by atoms with Crippen LogP contribution < -0.4 is 5.14 Å². The van der Waals surface area contributed by atoms with Gasteiger partial charge in [0.2, 0.25) is 0 Å². The number of benzene rings is 1. The van der Waals surface area contributed by atoms with Gasteiger partial charge < -0.3 is 4.55 Å². The predicted octanol–water partition coefficient (Wildman–Crippen LogP) is 1.23. The van der Waals surface area contributed by atoms with Crippen LogP contribution in [0.25, 0.3) is 0 Å². The quantitative estimate of drug-likeness (QED) is 0.461. The van der Waals surface area contributed by atoms with Crippen LogP contribution in [0, 0.1) is 10.1 Å². The van der Waals surface area contributed by atoms with Crippen LogP contribution in [0.15, 0.2) is 23.1 Å². The molecule has 0 fully saturated rings. The first kappa shape index (κ1) is 10.3. The van der Waals surface area contributed by atoms with E-state index in [1.165, 1.54) is 12.1 Å². The topological polar surface area (TPSA) is 92.2 Å². The van der Waals surface area contributed by atoms with Gasteiger partial charge >= 0.3 is 0 Å². The molecule has 0 spiro atoms. The van der Waals surface area contributed by atoms with Gasteiger partial charge in [-0.1, -0.05) is 11.6 Å². The van der Waals surface area contributed by atoms with Crippen molar-refractivity contribution in [2.24, 2.45) is 5.14 Å². The second-order valence-corrected chi connectivity index (χ2v) is 3.64. The highest BCUT2D eigenvalue weighted by molar-refractivity contribution is 7.89. The number of nitro benzene ring substituents is 1. The van der Waals surface area contributed by atoms with Gasteiger partial charge in [-0.15, -0.1) is 5.14 Å². The van der Waals surface area contributed by atoms with Gasteiger partial charge in [-0.2, -0.15) is 0 Å². The van der Waals surface area contributed by atoms with E-state index in [9.17, 15) is 14.7 Å². The molecule has 0 amide bonds. The Bertz CT molecular complexity index is 345. The molecule has 0 heterocycles. The normalized spacial score (nSPS) is 12.5. The minimum atomic E-state index is -1.73. The van der Waals surface area contributed by atoms with Gasteiger partial charge in [0.25, 0.3) is 5.69 Å². The molecule has 1 atom stereocenters. The third-order valence-electron chi connectivity index (χ3n) is 1.35. The molecule has 7 heteroatoms. The fourth-order valence-electron chi connectivity index (χ4n) is 0.758. The molecule has 0 aliphatic heterocycles. The molecular formula is C6H5ClN2O3S. The Labute approximate surface area is 82.0 Å². The summed E-state index contributed by atoms with van der Waals surface area (Å²) in [5.74, 6) is 0. The second kappa shape index (κ2) is 3.93. The fourth-order valence-corrected chi connectivity index (χ4v) is 1.37. The van der Waals surface area contributed by atoms with E-state index >= 15 is 0 Å². The lowest BCUT2D eigenvalue weighted by atomic mass is 10.3. The van der Waals surface area contributed by atoms with Crippen molar-refractivity contribution in [1.82, 2.24) is 0 Å². The molecule has 5 nitrogen and oxygen atoms in total. The molecule has 0 saturated heterocycles. The third kappa shape index (κ3) is 2.31. The van der Waals surface area contributed by atoms with Crippen LogP contribution in [0.4, 0.5) is 5.69 Å². The molecule has 0 aliphatic rings. The van der Waals surface area contributed by atoms with E-state index in [4.69, 9.17) is 16.7 Å². The van der Waals surface area contributed by atoms with E-state index in [2.05, 4.69) is 0 Å². The molecular weight excluding hydrogens is 216 g/mol. The van der Waals surface area contributed by atoms with Gasteiger partial charge in [0.1, 0.15) is 5.02 Å². The largest absolute Gasteiger partial charge is 0.593 e. The first-order valence-corrected chi connectivity index (χ1v) is 4.71. The molecule has 1 rings (SSSR count). The number of hydrogen-bond donors (Lipinski definition) is 1. The highest BCUT2D eigenvalue weighted by Gasteiger charge is 2.17. The van der Waals surface area contributed by atoms with Gasteiger partial charge in [-0.3, -0.25) is 10.1 Å². The number of nitrogens with zero attached hydrogens (tertiary/aromatic N) is 1. The fraction of sp³-hybridized carbons (Fsp3) is 0. The van der Waals surface area contributed by atoms with Crippen LogP contribution in [-0.4, -0.2) is 9.48 Å². The van der Waals surface area contributed by atoms with Crippen molar-refractivity contribution < 1.29 is 9.48 Å². The highest BCUT2D eigenvalue weighted by atomic mass is 35.5. The lowest BCUT2D eigenvalue weighted by Crippen LogP contribution is -2.12. The Hall–Kier alpha value is -0.820. The average Bonchev–Trinajstić information content (AvgIpc) is 2.04. The van der Waals surface area contributed by atoms with E-state index in [-0.39, 0.29) is 15.6 Å². The summed E-state index contributed by atoms with van der Waals surface area (Å²) in [5, 5.41) is 15.4. The van der Waals surface area contributed by atoms with Crippen LogP contribution in [0.1, 0.15) is 0 Å². The molecule has 70 valence electrons. The van der Waals surface area contributed by atoms with E-state index in [1.807, 2.05) is 0 Å². The monoisotopic (exact) mass is 220 g/mol. The molecule has 0 bridgehead atoms. The molecule has 1 aromatic carbocycles. The minimum absolute atomic E-state index is 0.000741. The van der Waals surface area contributed by atoms with Gasteiger partial charge in [0, 0.05) is 0 Å². The summed E-state index contributed by atoms with van der Waals surface area (Å²) in [6.45, 7) is 0. The van der Waals surface area contributed by atoms with E-state index in [1.54, 1.807) is 0 Å². The summed E-state index contributed by atoms with van der Waals surface area (Å²) < 4.78 is 10.8. The zero-order valence-corrected chi connectivity index (χ0v) is 7.84. The highest BCUT2D eigenvalue weighted by Crippen LogP contribution is 2.26. The van der Waals surface area contributed by atoms with Crippen molar-refractivity contribution in [2.75, 3.05) is 0 Å². The SMILES string of the molecule is N[S+]([O-])c1ccc(Cl)c([N+](=O)[O-])c1. The third-order valence-corrected chi connectivity index (χ3v) is 2.38. The van der Waals surface area contributed by atoms with Crippen LogP contribution >= 0.6 is 11.6 Å². The number of nitrogens with two attached hydrogens (primary N) is 1. The average molecular weight is 221 g/mol. The summed E-state index contributed by atoms with van der Waals surface area (Å²) in [7, 11) is 0. The number of nitro groups is 1. The maximum Gasteiger partial charge on any atom is 0.292 e. The van der Waals surface area contributed by atoms with Gasteiger partial charge in [-0.05, 0) is 12.1 Å². The molecule has 13 heavy (non-hydrogen) atoms. The Kier molecular flexibility index (Phi) is 3.10. The van der Waals surface area contributed by atoms with Crippen molar-refractivity contribution in [3.8, 4) is 0 Å². The molecule has 0 aliphatic carbocycles. The molecule has 2 N–H and O–H groups in total. The van der Waals surface area contributed by atoms with Crippen molar-refractivity contribution in [2.45, 2.75) is 4.90 Å². The summed E-state index contributed by atoms with van der Waals surface area (Å²) in [6, 6.07) is 3.77. The summed E-state index contributed by atoms with van der Waals surface area (Å²) in [5.41, 5.74) is -0.294. The standard InChI is InChI=1S/C6H5ClN2O3S/c7-5-2-1-4(13(8)12)3-6(5)9(10)11/h1-3H,8H2. The molecule has 0 saturated carbocycles. The van der Waals surface area contributed by atoms with Crippen LogP contribution in [0.5, 0.6) is 0 Å². The Morgan fingerprint density at radius 3 is 2.62 bits per heavy atom. The second-order valence-electron chi connectivity index (χ2n) is 2.17. The van der Waals surface area contributed by atoms with E-state index < -0.39 is 16.3 Å². The summed E-state index contributed by atoms with van der Waals surface area (Å²) in [6.07, 6.45) is 0. The summed E-state index contributed by atoms with van der Waals surface area (Å²) in [4.78, 5) is 9.90. The molecule has 1 unspecified atom stereocenters. The summed E-state index contributed by atoms with van der Waals surface area (Å²) >= 11 is 3.79. The Morgan fingerprint density at radius 2 is 2.15 bits per heavy atom. The van der Waals surface area contributed by atoms with Crippen molar-refractivity contribution in [1.29, 1.82) is 0 Å². The van der Waals surface area contributed by atoms with Crippen molar-refractivity contribution >= 4 is 28.7 Å². The van der Waals surface area contributed by atoms with Crippen LogP contribution in [0.3, 0.4) is 0 Å². The van der Waals surface area contributed by atoms with Crippen molar-refractivity contribution in [3.63, 3.8) is 0 Å². The molecule has 0 radical (unpaired) electrons. The lowest BCUT2D eigenvalue weighted by molar-refractivity contribution is -0.384. The number of rotatable bonds is 2. The van der Waals surface area contributed by atoms with Gasteiger partial charge in [0.05, 0.1) is 22.4 Å². The zero-order chi connectivity index (χ0) is 10.0. The first-order valence-electron chi connectivity index (χ1n) is 3.12. The number of halogens is 1. The minimum Gasteiger partial charge on any atom is -0.593 e. The van der Waals surface area contributed by atoms with Crippen LogP contribution in [-0.2, 0) is 11.4 Å². The Balaban J connectivity index is 3.19. The van der Waals surface area contributed by atoms with Crippen molar-refractivity contribution in [3.05, 3.63) is 33.3 Å². The smallest absolute Gasteiger partial charge is 0.292 e. The van der Waals surface area contributed by atoms with E-state index in [0.29, 0.717) is 0 Å². The molecule has 1 aromatic rings. The van der Waals surface area contributed by atoms with Gasteiger partial charge in [0.15, 0.2) is 4.90 Å². The maximum absolute atomic E-state index is 10.8. The Morgan fingerprint density at radius 1 is 1.54 bits per heavy atom. The van der Waals surface area contributed by atoms with Gasteiger partial charge in [-0.25, -0.2) is 0 Å². The lowest BCUT2D eigenvalue weighted by Gasteiger charge is -2.02. The maximum atomic E-state index is 10.8. The first-order chi connectivity index (χ1) is 6.02. The van der Waals surface area contributed by atoms with E-state index in [0.717, 1.165) is 6.07 Å². The van der Waals surface area contributed by atoms with Crippen LogP contribution in [0.2, 0.25) is 5.02 Å².